The van der Waals surface area contributed by atoms with Crippen LogP contribution in [0.5, 0.6) is 0 Å². The highest BCUT2D eigenvalue weighted by Crippen LogP contribution is 2.36. The van der Waals surface area contributed by atoms with Gasteiger partial charge in [-0.05, 0) is 55.0 Å². The van der Waals surface area contributed by atoms with Gasteiger partial charge >= 0.3 is 0 Å². The van der Waals surface area contributed by atoms with Gasteiger partial charge in [-0.25, -0.2) is 9.37 Å². The smallest absolute Gasteiger partial charge is 0.260 e. The number of aromatic nitrogens is 2. The van der Waals surface area contributed by atoms with Crippen LogP contribution in [0.3, 0.4) is 0 Å². The number of hydrogen-bond donors (Lipinski definition) is 2. The van der Waals surface area contributed by atoms with Crippen LogP contribution in [0.1, 0.15) is 34.9 Å². The third-order valence-electron chi connectivity index (χ3n) is 5.89. The lowest BCUT2D eigenvalue weighted by atomic mass is 9.88. The number of thiophene rings is 1. The van der Waals surface area contributed by atoms with Gasteiger partial charge in [-0.3, -0.25) is 9.59 Å². The van der Waals surface area contributed by atoms with Gasteiger partial charge in [0.25, 0.3) is 5.56 Å². The fourth-order valence-electron chi connectivity index (χ4n) is 4.41. The van der Waals surface area contributed by atoms with Gasteiger partial charge in [0, 0.05) is 10.4 Å². The molecular formula is C25H22FN3O2S2. The van der Waals surface area contributed by atoms with E-state index in [1.165, 1.54) is 46.4 Å². The number of carbonyl (C=O) groups is 1. The molecular weight excluding hydrogens is 457 g/mol. The third-order valence-corrected chi connectivity index (χ3v) is 7.77. The number of halogens is 1. The second kappa shape index (κ2) is 9.11. The molecule has 33 heavy (non-hydrogen) atoms. The normalized spacial score (nSPS) is 15.4. The third kappa shape index (κ3) is 4.45. The quantitative estimate of drug-likeness (QED) is 0.298. The minimum atomic E-state index is -0.323. The molecule has 8 heteroatoms. The van der Waals surface area contributed by atoms with E-state index in [1.807, 2.05) is 19.1 Å². The molecule has 2 heterocycles. The van der Waals surface area contributed by atoms with Gasteiger partial charge in [-0.2, -0.15) is 0 Å². The van der Waals surface area contributed by atoms with Crippen molar-refractivity contribution in [1.82, 2.24) is 15.3 Å². The number of aryl methyl sites for hydroxylation is 2. The van der Waals surface area contributed by atoms with E-state index in [0.717, 1.165) is 35.3 Å². The molecule has 1 atom stereocenters. The molecule has 2 aromatic heterocycles. The molecule has 0 fully saturated rings. The maximum Gasteiger partial charge on any atom is 0.260 e. The van der Waals surface area contributed by atoms with Crippen LogP contribution < -0.4 is 10.9 Å². The minimum absolute atomic E-state index is 0.0238. The number of fused-ring (bicyclic) bond motifs is 2. The summed E-state index contributed by atoms with van der Waals surface area (Å²) in [5.74, 6) is -0.238. The van der Waals surface area contributed by atoms with E-state index >= 15 is 0 Å². The van der Waals surface area contributed by atoms with Crippen molar-refractivity contribution in [3.63, 3.8) is 0 Å². The van der Waals surface area contributed by atoms with Crippen LogP contribution in [0.4, 0.5) is 4.39 Å². The molecule has 0 aliphatic heterocycles. The molecule has 168 valence electrons. The van der Waals surface area contributed by atoms with Crippen molar-refractivity contribution >= 4 is 39.2 Å². The van der Waals surface area contributed by atoms with E-state index in [9.17, 15) is 14.0 Å². The Morgan fingerprint density at radius 2 is 2.03 bits per heavy atom. The Labute approximate surface area is 198 Å². The number of rotatable bonds is 5. The van der Waals surface area contributed by atoms with E-state index in [2.05, 4.69) is 27.4 Å². The van der Waals surface area contributed by atoms with Crippen LogP contribution >= 0.6 is 23.1 Å². The Hall–Kier alpha value is -2.97. The Bertz CT molecular complexity index is 1400. The molecule has 1 amide bonds. The predicted octanol–water partition coefficient (Wildman–Crippen LogP) is 5.39. The van der Waals surface area contributed by atoms with Gasteiger partial charge in [-0.15, -0.1) is 11.3 Å². The largest absolute Gasteiger partial charge is 0.349 e. The number of benzene rings is 2. The first kappa shape index (κ1) is 21.9. The number of aromatic amines is 1. The number of H-pyrrole nitrogens is 1. The van der Waals surface area contributed by atoms with Gasteiger partial charge in [0.15, 0.2) is 5.16 Å². The van der Waals surface area contributed by atoms with Gasteiger partial charge < -0.3 is 10.3 Å². The van der Waals surface area contributed by atoms with Crippen LogP contribution in [0.25, 0.3) is 21.3 Å². The van der Waals surface area contributed by atoms with Crippen molar-refractivity contribution in [2.75, 3.05) is 5.75 Å². The number of nitrogens with zero attached hydrogens (tertiary/aromatic N) is 1. The van der Waals surface area contributed by atoms with Gasteiger partial charge in [0.05, 0.1) is 17.2 Å². The van der Waals surface area contributed by atoms with Gasteiger partial charge in [0.2, 0.25) is 5.91 Å². The molecule has 1 aliphatic carbocycles. The molecule has 0 saturated carbocycles. The molecule has 5 rings (SSSR count). The zero-order valence-electron chi connectivity index (χ0n) is 18.0. The van der Waals surface area contributed by atoms with E-state index < -0.39 is 0 Å². The zero-order valence-corrected chi connectivity index (χ0v) is 19.6. The first-order valence-corrected chi connectivity index (χ1v) is 12.6. The summed E-state index contributed by atoms with van der Waals surface area (Å²) in [7, 11) is 0. The highest BCUT2D eigenvalue weighted by Gasteiger charge is 2.22. The maximum absolute atomic E-state index is 13.3. The predicted molar refractivity (Wildman–Crippen MR) is 131 cm³/mol. The van der Waals surface area contributed by atoms with Crippen LogP contribution in [-0.2, 0) is 11.2 Å². The highest BCUT2D eigenvalue weighted by atomic mass is 32.2. The van der Waals surface area contributed by atoms with Gasteiger partial charge in [0.1, 0.15) is 10.6 Å². The van der Waals surface area contributed by atoms with Crippen molar-refractivity contribution in [3.05, 3.63) is 80.7 Å². The summed E-state index contributed by atoms with van der Waals surface area (Å²) in [6.07, 6.45) is 3.02. The molecule has 4 aromatic rings. The van der Waals surface area contributed by atoms with Crippen LogP contribution in [-0.4, -0.2) is 21.6 Å². The number of carbonyl (C=O) groups excluding carboxylic acids is 1. The zero-order chi connectivity index (χ0) is 22.9. The lowest BCUT2D eigenvalue weighted by Crippen LogP contribution is -2.32. The number of nitrogens with one attached hydrogen (secondary N) is 2. The van der Waals surface area contributed by atoms with Crippen molar-refractivity contribution in [2.24, 2.45) is 0 Å². The van der Waals surface area contributed by atoms with E-state index in [0.29, 0.717) is 15.4 Å². The van der Waals surface area contributed by atoms with E-state index in [1.54, 1.807) is 12.1 Å². The molecule has 5 nitrogen and oxygen atoms in total. The van der Waals surface area contributed by atoms with Crippen molar-refractivity contribution in [1.29, 1.82) is 0 Å². The average Bonchev–Trinajstić information content (AvgIpc) is 3.15. The number of hydrogen-bond acceptors (Lipinski definition) is 5. The van der Waals surface area contributed by atoms with E-state index in [-0.39, 0.29) is 29.1 Å². The summed E-state index contributed by atoms with van der Waals surface area (Å²) in [4.78, 5) is 34.5. The summed E-state index contributed by atoms with van der Waals surface area (Å²) >= 11 is 2.64. The van der Waals surface area contributed by atoms with Crippen LogP contribution in [0.15, 0.2) is 58.5 Å². The molecule has 0 saturated heterocycles. The monoisotopic (exact) mass is 479 g/mol. The topological polar surface area (TPSA) is 74.8 Å². The summed E-state index contributed by atoms with van der Waals surface area (Å²) in [6.45, 7) is 1.92. The van der Waals surface area contributed by atoms with Crippen molar-refractivity contribution in [2.45, 2.75) is 37.4 Å². The summed E-state index contributed by atoms with van der Waals surface area (Å²) in [6, 6.07) is 14.4. The Morgan fingerprint density at radius 3 is 2.85 bits per heavy atom. The molecule has 2 N–H and O–H groups in total. The first-order valence-electron chi connectivity index (χ1n) is 10.8. The Balaban J connectivity index is 1.33. The van der Waals surface area contributed by atoms with E-state index in [4.69, 9.17) is 0 Å². The van der Waals surface area contributed by atoms with Crippen molar-refractivity contribution in [3.8, 4) is 11.1 Å². The SMILES string of the molecule is Cc1sc2nc(SCC(=O)N[C@@H]3CCCc4ccccc43)[nH]c(=O)c2c1-c1ccc(F)cc1. The average molecular weight is 480 g/mol. The molecule has 1 aliphatic rings. The molecule has 2 aromatic carbocycles. The number of thioether (sulfide) groups is 1. The Kier molecular flexibility index (Phi) is 6.03. The fourth-order valence-corrected chi connectivity index (χ4v) is 6.18. The number of amides is 1. The van der Waals surface area contributed by atoms with Crippen molar-refractivity contribution < 1.29 is 9.18 Å². The second-order valence-corrected chi connectivity index (χ2v) is 10.3. The standard InChI is InChI=1S/C25H22FN3O2S2/c1-14-21(16-9-11-17(26)12-10-16)22-23(31)28-25(29-24(22)33-14)32-13-20(30)27-19-8-4-6-15-5-2-3-7-18(15)19/h2-3,5,7,9-12,19H,4,6,8,13H2,1H3,(H,27,30)(H,28,29,31)/t19-/m1/s1. The van der Waals surface area contributed by atoms with Crippen LogP contribution in [0.2, 0.25) is 0 Å². The molecule has 0 bridgehead atoms. The lowest BCUT2D eigenvalue weighted by molar-refractivity contribution is -0.119. The first-order chi connectivity index (χ1) is 16.0. The lowest BCUT2D eigenvalue weighted by Gasteiger charge is -2.26. The highest BCUT2D eigenvalue weighted by molar-refractivity contribution is 7.99. The minimum Gasteiger partial charge on any atom is -0.349 e. The second-order valence-electron chi connectivity index (χ2n) is 8.09. The molecule has 0 radical (unpaired) electrons. The summed E-state index contributed by atoms with van der Waals surface area (Å²) < 4.78 is 13.3. The summed E-state index contributed by atoms with van der Waals surface area (Å²) in [5.41, 5.74) is 3.78. The molecule has 0 spiro atoms. The van der Waals surface area contributed by atoms with Gasteiger partial charge in [-0.1, -0.05) is 48.2 Å². The summed E-state index contributed by atoms with van der Waals surface area (Å²) in [5, 5.41) is 4.04. The molecule has 0 unspecified atom stereocenters. The Morgan fingerprint density at radius 1 is 1.24 bits per heavy atom. The maximum atomic E-state index is 13.3. The van der Waals surface area contributed by atoms with Crippen LogP contribution in [0, 0.1) is 12.7 Å². The fraction of sp³-hybridized carbons (Fsp3) is 0.240.